The zero-order valence-corrected chi connectivity index (χ0v) is 18.2. The van der Waals surface area contributed by atoms with Crippen molar-refractivity contribution in [2.75, 3.05) is 0 Å². The van der Waals surface area contributed by atoms with E-state index in [-0.39, 0.29) is 0 Å². The third-order valence-electron chi connectivity index (χ3n) is 4.13. The minimum Gasteiger partial charge on any atom is -0.361 e. The Hall–Kier alpha value is -1.95. The van der Waals surface area contributed by atoms with E-state index in [0.29, 0.717) is 0 Å². The number of halogens is 2. The third-order valence-corrected chi connectivity index (χ3v) is 6.53. The van der Waals surface area contributed by atoms with E-state index in [1.54, 1.807) is 11.8 Å². The van der Waals surface area contributed by atoms with Crippen molar-refractivity contribution in [3.05, 3.63) is 94.1 Å². The van der Waals surface area contributed by atoms with E-state index < -0.39 is 0 Å². The summed E-state index contributed by atoms with van der Waals surface area (Å²) in [7, 11) is 0. The fourth-order valence-corrected chi connectivity index (χ4v) is 5.05. The summed E-state index contributed by atoms with van der Waals surface area (Å²) in [6.45, 7) is 0. The summed E-state index contributed by atoms with van der Waals surface area (Å²) in [6, 6.07) is 24.8. The topological polar surface area (TPSA) is 31.6 Å². The fraction of sp³-hybridized carbons (Fsp3) is 0. The minimum absolute atomic E-state index is 1.13. The van der Waals surface area contributed by atoms with Crippen molar-refractivity contribution in [1.82, 2.24) is 9.97 Å². The summed E-state index contributed by atoms with van der Waals surface area (Å²) in [5, 5.41) is 2.49. The smallest absolute Gasteiger partial charge is 0.0477 e. The van der Waals surface area contributed by atoms with E-state index in [1.165, 1.54) is 26.1 Å². The predicted molar refractivity (Wildman–Crippen MR) is 123 cm³/mol. The van der Waals surface area contributed by atoms with Gasteiger partial charge in [0.1, 0.15) is 0 Å². The lowest BCUT2D eigenvalue weighted by atomic mass is 10.2. The summed E-state index contributed by atoms with van der Waals surface area (Å²) in [5.74, 6) is 0. The predicted octanol–water partition coefficient (Wildman–Crippen LogP) is 8.01. The summed E-state index contributed by atoms with van der Waals surface area (Å²) in [5.41, 5.74) is 2.34. The average Bonchev–Trinajstić information content (AvgIpc) is 3.32. The van der Waals surface area contributed by atoms with Crippen LogP contribution >= 0.6 is 43.6 Å². The lowest BCUT2D eigenvalue weighted by Crippen LogP contribution is -1.73. The quantitative estimate of drug-likeness (QED) is 0.253. The number of hydrogen-bond acceptors (Lipinski definition) is 1. The van der Waals surface area contributed by atoms with Gasteiger partial charge in [0.15, 0.2) is 0 Å². The Morgan fingerprint density at radius 3 is 2.19 bits per heavy atom. The molecular formula is C22H16Br2N2S. The van der Waals surface area contributed by atoms with Crippen LogP contribution in [-0.4, -0.2) is 9.97 Å². The zero-order chi connectivity index (χ0) is 18.6. The Labute approximate surface area is 178 Å². The van der Waals surface area contributed by atoms with Crippen LogP contribution in [0.5, 0.6) is 0 Å². The van der Waals surface area contributed by atoms with Gasteiger partial charge in [-0.3, -0.25) is 0 Å². The van der Waals surface area contributed by atoms with Gasteiger partial charge in [-0.05, 0) is 42.5 Å². The number of aromatic amines is 2. The molecule has 5 aromatic rings. The van der Waals surface area contributed by atoms with Crippen molar-refractivity contribution >= 4 is 65.4 Å². The summed E-state index contributed by atoms with van der Waals surface area (Å²) in [4.78, 5) is 8.93. The number of fused-ring (bicyclic) bond motifs is 2. The molecule has 5 rings (SSSR count). The van der Waals surface area contributed by atoms with Crippen molar-refractivity contribution < 1.29 is 0 Å². The van der Waals surface area contributed by atoms with Crippen LogP contribution in [0.1, 0.15) is 0 Å². The van der Waals surface area contributed by atoms with Crippen LogP contribution in [0, 0.1) is 0 Å². The van der Waals surface area contributed by atoms with E-state index in [9.17, 15) is 0 Å². The molecule has 3 aromatic carbocycles. The maximum absolute atomic E-state index is 3.61. The Bertz CT molecular complexity index is 1180. The van der Waals surface area contributed by atoms with E-state index in [1.807, 2.05) is 30.5 Å². The molecule has 0 atom stereocenters. The standard InChI is InChI=1S/C14H10BrNS.C8H6BrN/c15-11-7-4-8-12-14(11)13(9-16-12)17-10-5-2-1-3-6-10;9-7-2-1-3-8-6(7)4-5-10-8/h1-9,16H;1-5,10H. The maximum Gasteiger partial charge on any atom is 0.0477 e. The molecular weight excluding hydrogens is 484 g/mol. The van der Waals surface area contributed by atoms with Crippen molar-refractivity contribution in [3.63, 3.8) is 0 Å². The Balaban J connectivity index is 0.000000153. The number of H-pyrrole nitrogens is 2. The number of hydrogen-bond donors (Lipinski definition) is 2. The molecule has 0 aliphatic rings. The van der Waals surface area contributed by atoms with E-state index in [2.05, 4.69) is 96.6 Å². The lowest BCUT2D eigenvalue weighted by molar-refractivity contribution is 1.39. The highest BCUT2D eigenvalue weighted by atomic mass is 79.9. The SMILES string of the molecule is Brc1cccc2[nH]cc(Sc3ccccc3)c12.Brc1cccc2[nH]ccc12. The molecule has 134 valence electrons. The van der Waals surface area contributed by atoms with Gasteiger partial charge in [0, 0.05) is 52.9 Å². The summed E-state index contributed by atoms with van der Waals surface area (Å²) in [6.07, 6.45) is 4.00. The highest BCUT2D eigenvalue weighted by Crippen LogP contribution is 2.36. The molecule has 2 aromatic heterocycles. The molecule has 27 heavy (non-hydrogen) atoms. The van der Waals surface area contributed by atoms with Crippen LogP contribution in [0.3, 0.4) is 0 Å². The number of nitrogens with one attached hydrogen (secondary N) is 2. The summed E-state index contributed by atoms with van der Waals surface area (Å²) < 4.78 is 2.28. The normalized spacial score (nSPS) is 10.7. The van der Waals surface area contributed by atoms with Gasteiger partial charge in [-0.2, -0.15) is 0 Å². The first kappa shape index (κ1) is 18.4. The number of rotatable bonds is 2. The van der Waals surface area contributed by atoms with E-state index in [4.69, 9.17) is 0 Å². The maximum atomic E-state index is 3.61. The minimum atomic E-state index is 1.13. The molecule has 2 N–H and O–H groups in total. The van der Waals surface area contributed by atoms with Crippen LogP contribution in [-0.2, 0) is 0 Å². The second kappa shape index (κ2) is 8.38. The molecule has 0 aliphatic heterocycles. The van der Waals surface area contributed by atoms with Crippen molar-refractivity contribution in [2.24, 2.45) is 0 Å². The number of benzene rings is 3. The van der Waals surface area contributed by atoms with Crippen molar-refractivity contribution in [3.8, 4) is 0 Å². The first-order chi connectivity index (χ1) is 13.2. The molecule has 0 aliphatic carbocycles. The van der Waals surface area contributed by atoms with Crippen molar-refractivity contribution in [1.29, 1.82) is 0 Å². The highest BCUT2D eigenvalue weighted by Gasteiger charge is 2.07. The molecule has 0 fully saturated rings. The molecule has 0 amide bonds. The van der Waals surface area contributed by atoms with E-state index >= 15 is 0 Å². The largest absolute Gasteiger partial charge is 0.361 e. The van der Waals surface area contributed by atoms with E-state index in [0.717, 1.165) is 14.5 Å². The Morgan fingerprint density at radius 2 is 1.41 bits per heavy atom. The monoisotopic (exact) mass is 498 g/mol. The lowest BCUT2D eigenvalue weighted by Gasteiger charge is -2.01. The van der Waals surface area contributed by atoms with Crippen LogP contribution in [0.2, 0.25) is 0 Å². The molecule has 2 nitrogen and oxygen atoms in total. The molecule has 0 unspecified atom stereocenters. The van der Waals surface area contributed by atoms with Gasteiger partial charge in [-0.25, -0.2) is 0 Å². The van der Waals surface area contributed by atoms with Gasteiger partial charge in [-0.1, -0.05) is 74.0 Å². The first-order valence-corrected chi connectivity index (χ1v) is 10.8. The Kier molecular flexibility index (Phi) is 5.72. The summed E-state index contributed by atoms with van der Waals surface area (Å²) >= 11 is 8.84. The molecule has 2 heterocycles. The van der Waals surface area contributed by atoms with Crippen LogP contribution in [0.25, 0.3) is 21.8 Å². The first-order valence-electron chi connectivity index (χ1n) is 8.42. The van der Waals surface area contributed by atoms with Gasteiger partial charge < -0.3 is 9.97 Å². The Morgan fingerprint density at radius 1 is 0.667 bits per heavy atom. The number of aromatic nitrogens is 2. The van der Waals surface area contributed by atoms with Gasteiger partial charge >= 0.3 is 0 Å². The second-order valence-corrected chi connectivity index (χ2v) is 8.73. The van der Waals surface area contributed by atoms with Crippen molar-refractivity contribution in [2.45, 2.75) is 9.79 Å². The highest BCUT2D eigenvalue weighted by molar-refractivity contribution is 9.11. The molecule has 0 spiro atoms. The average molecular weight is 500 g/mol. The molecule has 0 saturated carbocycles. The molecule has 0 bridgehead atoms. The molecule has 5 heteroatoms. The van der Waals surface area contributed by atoms with Crippen LogP contribution in [0.4, 0.5) is 0 Å². The van der Waals surface area contributed by atoms with Gasteiger partial charge in [0.05, 0.1) is 0 Å². The molecule has 0 radical (unpaired) electrons. The van der Waals surface area contributed by atoms with Gasteiger partial charge in [-0.15, -0.1) is 0 Å². The zero-order valence-electron chi connectivity index (χ0n) is 14.2. The fourth-order valence-electron chi connectivity index (χ4n) is 2.85. The van der Waals surface area contributed by atoms with Gasteiger partial charge in [0.25, 0.3) is 0 Å². The van der Waals surface area contributed by atoms with Gasteiger partial charge in [0.2, 0.25) is 0 Å². The third kappa shape index (κ3) is 4.15. The van der Waals surface area contributed by atoms with Crippen LogP contribution < -0.4 is 0 Å². The van der Waals surface area contributed by atoms with Crippen LogP contribution in [0.15, 0.2) is 104 Å². The second-order valence-electron chi connectivity index (χ2n) is 5.91. The molecule has 0 saturated heterocycles.